The molecular formula is C119H252O11Si9. The van der Waals surface area contributed by atoms with Crippen LogP contribution in [0.2, 0.25) is 124 Å². The van der Waals surface area contributed by atoms with Crippen molar-refractivity contribution in [3.8, 4) is 0 Å². The van der Waals surface area contributed by atoms with Gasteiger partial charge in [-0.2, -0.15) is 0 Å². The molecule has 20 heteroatoms. The minimum atomic E-state index is -3.46. The molecule has 0 spiro atoms. The second-order valence-corrected chi connectivity index (χ2v) is 80.9. The van der Waals surface area contributed by atoms with Crippen LogP contribution >= 0.6 is 0 Å². The van der Waals surface area contributed by atoms with Crippen LogP contribution in [0.1, 0.15) is 605 Å². The van der Waals surface area contributed by atoms with Crippen molar-refractivity contribution in [3.05, 3.63) is 24.3 Å². The molecule has 0 N–H and O–H groups in total. The monoisotopic (exact) mass is 2110 g/mol. The van der Waals surface area contributed by atoms with E-state index in [1.807, 2.05) is 6.92 Å². The van der Waals surface area contributed by atoms with Crippen molar-refractivity contribution < 1.29 is 47.2 Å². The predicted molar refractivity (Wildman–Crippen MR) is 639 cm³/mol. The fourth-order valence-corrected chi connectivity index (χ4v) is 69.6. The zero-order valence-electron chi connectivity index (χ0n) is 98.8. The largest absolute Gasteiger partial charge is 0.543 e. The zero-order valence-corrected chi connectivity index (χ0v) is 108. The molecule has 0 aromatic heterocycles. The maximum atomic E-state index is 15.3. The van der Waals surface area contributed by atoms with Crippen LogP contribution < -0.4 is 0 Å². The van der Waals surface area contributed by atoms with Crippen molar-refractivity contribution in [1.29, 1.82) is 0 Å². The van der Waals surface area contributed by atoms with E-state index in [2.05, 4.69) is 142 Å². The van der Waals surface area contributed by atoms with E-state index in [1.54, 1.807) is 13.5 Å². The van der Waals surface area contributed by atoms with Crippen molar-refractivity contribution in [2.75, 3.05) is 0 Å². The predicted octanol–water partition coefficient (Wildman–Crippen LogP) is 44.4. The third kappa shape index (κ3) is 81.6. The van der Waals surface area contributed by atoms with E-state index in [4.69, 9.17) is 21.2 Å². The first-order valence-corrected chi connectivity index (χ1v) is 85.3. The van der Waals surface area contributed by atoms with Gasteiger partial charge in [-0.05, 0) is 120 Å². The second kappa shape index (κ2) is 94.1. The Morgan fingerprint density at radius 2 is 0.295 bits per heavy atom. The molecule has 0 bridgehead atoms. The van der Waals surface area contributed by atoms with E-state index in [0.717, 1.165) is 112 Å². The molecule has 0 aliphatic heterocycles. The number of unbranched alkanes of at least 4 members (excludes halogenated alkanes) is 65. The topological polar surface area (TPSA) is 117 Å². The highest BCUT2D eigenvalue weighted by molar-refractivity contribution is 6.93. The summed E-state index contributed by atoms with van der Waals surface area (Å²) in [5.74, 6) is -0.635. The van der Waals surface area contributed by atoms with Gasteiger partial charge in [0, 0.05) is 29.8 Å². The molecule has 0 aromatic rings. The van der Waals surface area contributed by atoms with Crippen molar-refractivity contribution in [3.63, 3.8) is 0 Å². The summed E-state index contributed by atoms with van der Waals surface area (Å²) in [4.78, 5) is 27.0. The van der Waals surface area contributed by atoms with Crippen molar-refractivity contribution in [2.24, 2.45) is 0 Å². The van der Waals surface area contributed by atoms with E-state index in [9.17, 15) is 21.3 Å². The van der Waals surface area contributed by atoms with Gasteiger partial charge in [0.2, 0.25) is 0 Å². The van der Waals surface area contributed by atoms with E-state index in [1.165, 1.54) is 468 Å². The minimum Gasteiger partial charge on any atom is -0.491 e. The molecule has 0 amide bonds. The van der Waals surface area contributed by atoms with Crippen LogP contribution in [0.4, 0.5) is 0 Å². The molecule has 0 fully saturated rings. The summed E-state index contributed by atoms with van der Waals surface area (Å²) < 4.78 is 72.8. The molecule has 0 saturated heterocycles. The highest BCUT2D eigenvalue weighted by Gasteiger charge is 2.60. The molecule has 830 valence electrons. The van der Waals surface area contributed by atoms with Crippen LogP contribution in [-0.4, -0.2) is 88.5 Å². The van der Waals surface area contributed by atoms with Crippen LogP contribution in [-0.2, 0) is 47.2 Å². The standard InChI is InChI=1S/C108H226O7Si6.C11H26O4Si3/c1-16-29-42-55-68-81-94-116(95-82-69-56-43-30-17-2,96-83-70-57-44-31-18-3)111-118(99-86-73-60-47-34-21-6,100-87-74-61-48-35-22-7)113-120(103-90-77-64-51-38-25-10,104-91-78-65-52-39-26-11)115-121(105-92-79-66-53-40-27-12,106-93-80-67-54-41-28-13)114-119(101-88-75-62-49-36-23-8,102-89-76-63-50-37-24-9)112-117(110-108(109)107(14)15,97-84-71-58-45-32-19-4)98-85-72-59-46-33-20-5;1-10(2)11(12)13-18(9,14-16(3,4)5)15-17(6,7)8/h14,16-106H2,1-13,15H3;1H2,2-9H3. The van der Waals surface area contributed by atoms with E-state index < -0.39 is 82.5 Å². The Labute approximate surface area is 882 Å². The maximum Gasteiger partial charge on any atom is 0.543 e. The van der Waals surface area contributed by atoms with Gasteiger partial charge in [-0.25, -0.2) is 9.59 Å². The van der Waals surface area contributed by atoms with Gasteiger partial charge in [0.25, 0.3) is 0 Å². The van der Waals surface area contributed by atoms with Crippen LogP contribution in [0, 0.1) is 0 Å². The molecule has 0 atom stereocenters. The first kappa shape index (κ1) is 141. The molecular weight excluding hydrogens is 1860 g/mol. The molecule has 139 heavy (non-hydrogen) atoms. The SMILES string of the molecule is C=C(C)C(=O)O[Si](C)(O[Si](C)(C)C)O[Si](C)(C)C.C=C(C)C(=O)O[Si](CCCCCCCC)(CCCCCCCC)O[Si](CCCCCCCC)(CCCCCCCC)O[Si](CCCCCCCC)(CCCCCCCC)O[Si](CCCCCCCC)(CCCCCCCC)O[Si](CCCCCCCC)(CCCCCCCC)O[Si](CCCCCCCC)(CCCCCCCC)CCCCCCCC. The Hall–Kier alpha value is 0.0919. The van der Waals surface area contributed by atoms with Gasteiger partial charge in [-0.3, -0.25) is 0 Å². The van der Waals surface area contributed by atoms with E-state index in [0.29, 0.717) is 11.1 Å². The highest BCUT2D eigenvalue weighted by atomic mass is 28.5. The quantitative estimate of drug-likeness (QED) is 0.0329. The minimum absolute atomic E-state index is 0.205. The Morgan fingerprint density at radius 3 is 0.453 bits per heavy atom. The number of carbonyl (C=O) groups is 2. The van der Waals surface area contributed by atoms with Crippen LogP contribution in [0.15, 0.2) is 24.3 Å². The van der Waals surface area contributed by atoms with Crippen LogP contribution in [0.5, 0.6) is 0 Å². The molecule has 0 aliphatic rings. The third-order valence-corrected chi connectivity index (χ3v) is 68.2. The lowest BCUT2D eigenvalue weighted by molar-refractivity contribution is -0.133. The summed E-state index contributed by atoms with van der Waals surface area (Å²) in [6, 6.07) is 14.2. The van der Waals surface area contributed by atoms with E-state index in [-0.39, 0.29) is 5.97 Å². The number of hydrogen-bond acceptors (Lipinski definition) is 11. The normalized spacial score (nSPS) is 12.7. The highest BCUT2D eigenvalue weighted by Crippen LogP contribution is 2.48. The third-order valence-electron chi connectivity index (χ3n) is 29.2. The van der Waals surface area contributed by atoms with Crippen molar-refractivity contribution in [2.45, 2.75) is 729 Å². The van der Waals surface area contributed by atoms with Gasteiger partial charge in [-0.1, -0.05) is 604 Å². The first-order valence-electron chi connectivity index (χ1n) is 62.6. The van der Waals surface area contributed by atoms with Crippen molar-refractivity contribution in [1.82, 2.24) is 0 Å². The van der Waals surface area contributed by atoms with Crippen LogP contribution in [0.25, 0.3) is 0 Å². The molecule has 0 radical (unpaired) electrons. The summed E-state index contributed by atoms with van der Waals surface area (Å²) in [7, 11) is -26.0. The molecule has 0 saturated carbocycles. The smallest absolute Gasteiger partial charge is 0.491 e. The Bertz CT molecular complexity index is 2580. The summed E-state index contributed by atoms with van der Waals surface area (Å²) >= 11 is 0. The van der Waals surface area contributed by atoms with Gasteiger partial charge in [0.1, 0.15) is 0 Å². The first-order chi connectivity index (χ1) is 66.9. The van der Waals surface area contributed by atoms with Crippen LogP contribution in [0.3, 0.4) is 0 Å². The molecule has 0 heterocycles. The summed E-state index contributed by atoms with van der Waals surface area (Å²) in [6.45, 7) is 56.9. The Balaban J connectivity index is 0. The lowest BCUT2D eigenvalue weighted by atomic mass is 10.1. The summed E-state index contributed by atoms with van der Waals surface area (Å²) in [5, 5.41) is 0. The van der Waals surface area contributed by atoms with Gasteiger partial charge >= 0.3 is 63.5 Å². The van der Waals surface area contributed by atoms with Gasteiger partial charge in [-0.15, -0.1) is 0 Å². The van der Waals surface area contributed by atoms with Crippen molar-refractivity contribution >= 4 is 88.5 Å². The molecule has 0 aromatic carbocycles. The lowest BCUT2D eigenvalue weighted by Gasteiger charge is -2.51. The zero-order chi connectivity index (χ0) is 104. The average molecular weight is 2110 g/mol. The average Bonchev–Trinajstić information content (AvgIpc) is 0.757. The fourth-order valence-electron chi connectivity index (χ4n) is 21.1. The molecule has 0 rings (SSSR count). The molecule has 0 unspecified atom stereocenters. The second-order valence-electron chi connectivity index (χ2n) is 46.6. The number of hydrogen-bond donors (Lipinski definition) is 0. The van der Waals surface area contributed by atoms with E-state index >= 15 is 4.79 Å². The Morgan fingerprint density at radius 1 is 0.165 bits per heavy atom. The lowest BCUT2D eigenvalue weighted by Crippen LogP contribution is -2.66. The fraction of sp³-hybridized carbons (Fsp3) is 0.950. The number of carbonyl (C=O) groups excluding carboxylic acids is 2. The van der Waals surface area contributed by atoms with Gasteiger partial charge < -0.3 is 37.7 Å². The Kier molecular flexibility index (Phi) is 95.5. The summed E-state index contributed by atoms with van der Waals surface area (Å²) in [6.07, 6.45) is 99.8. The summed E-state index contributed by atoms with van der Waals surface area (Å²) in [5.41, 5.74) is 0.892. The maximum absolute atomic E-state index is 15.3. The van der Waals surface area contributed by atoms with Gasteiger partial charge in [0.05, 0.1) is 0 Å². The molecule has 0 aliphatic carbocycles. The van der Waals surface area contributed by atoms with Gasteiger partial charge in [0.15, 0.2) is 25.0 Å². The number of rotatable bonds is 109. The molecule has 11 nitrogen and oxygen atoms in total.